The van der Waals surface area contributed by atoms with Crippen molar-refractivity contribution in [1.29, 1.82) is 0 Å². The summed E-state index contributed by atoms with van der Waals surface area (Å²) in [5.41, 5.74) is 3.60. The lowest BCUT2D eigenvalue weighted by Crippen LogP contribution is -2.19. The average Bonchev–Trinajstić information content (AvgIpc) is 3.26. The van der Waals surface area contributed by atoms with Gasteiger partial charge in [0.05, 0.1) is 51.9 Å². The topological polar surface area (TPSA) is 113 Å². The number of carbonyl (C=O) groups excluding carboxylic acids is 2. The molecule has 0 fully saturated rings. The molecule has 0 radical (unpaired) electrons. The monoisotopic (exact) mass is 532 g/mol. The van der Waals surface area contributed by atoms with E-state index in [-0.39, 0.29) is 18.0 Å². The minimum atomic E-state index is -0.584. The van der Waals surface area contributed by atoms with E-state index in [1.807, 2.05) is 54.6 Å². The van der Waals surface area contributed by atoms with Crippen molar-refractivity contribution in [3.05, 3.63) is 77.6 Å². The van der Waals surface area contributed by atoms with Gasteiger partial charge in [0.1, 0.15) is 5.65 Å². The van der Waals surface area contributed by atoms with Crippen LogP contribution in [0.4, 0.5) is 11.4 Å². The first-order valence-electron chi connectivity index (χ1n) is 12.4. The molecule has 2 heterocycles. The van der Waals surface area contributed by atoms with Gasteiger partial charge in [-0.15, -0.1) is 0 Å². The van der Waals surface area contributed by atoms with Crippen molar-refractivity contribution in [2.24, 2.45) is 0 Å². The van der Waals surface area contributed by atoms with Crippen LogP contribution in [-0.4, -0.2) is 56.5 Å². The van der Waals surface area contributed by atoms with Gasteiger partial charge in [-0.1, -0.05) is 36.4 Å². The maximum absolute atomic E-state index is 13.1. The maximum atomic E-state index is 13.1. The van der Waals surface area contributed by atoms with Gasteiger partial charge in [-0.2, -0.15) is 0 Å². The maximum Gasteiger partial charge on any atom is 0.356 e. The molecule has 4 rings (SSSR count). The van der Waals surface area contributed by atoms with E-state index in [9.17, 15) is 9.59 Å². The first-order valence-corrected chi connectivity index (χ1v) is 12.4. The highest BCUT2D eigenvalue weighted by atomic mass is 16.5. The lowest BCUT2D eigenvalue weighted by atomic mass is 10.1. The fourth-order valence-corrected chi connectivity index (χ4v) is 4.32. The number of hydrogen-bond donors (Lipinski definition) is 2. The van der Waals surface area contributed by atoms with E-state index in [2.05, 4.69) is 15.6 Å². The highest BCUT2D eigenvalue weighted by molar-refractivity contribution is 6.11. The van der Waals surface area contributed by atoms with Gasteiger partial charge in [-0.25, -0.2) is 9.78 Å². The zero-order chi connectivity index (χ0) is 27.8. The quantitative estimate of drug-likeness (QED) is 0.260. The van der Waals surface area contributed by atoms with Crippen LogP contribution in [0, 0.1) is 0 Å². The largest absolute Gasteiger partial charge is 0.493 e. The number of carbonyl (C=O) groups is 2. The molecule has 2 N–H and O–H groups in total. The molecule has 0 saturated carbocycles. The van der Waals surface area contributed by atoms with E-state index in [0.717, 1.165) is 11.1 Å². The first kappa shape index (κ1) is 27.5. The Bertz CT molecular complexity index is 1450. The Kier molecular flexibility index (Phi) is 9.01. The molecule has 0 bridgehead atoms. The number of pyridine rings is 1. The number of fused-ring (bicyclic) bond motifs is 1. The van der Waals surface area contributed by atoms with Gasteiger partial charge in [-0.05, 0) is 29.3 Å². The van der Waals surface area contributed by atoms with Crippen LogP contribution >= 0.6 is 0 Å². The van der Waals surface area contributed by atoms with Gasteiger partial charge in [0.2, 0.25) is 5.91 Å². The number of nitrogens with one attached hydrogen (secondary N) is 2. The third kappa shape index (κ3) is 6.29. The second-order valence-electron chi connectivity index (χ2n) is 8.71. The molecular weight excluding hydrogens is 500 g/mol. The number of methoxy groups -OCH3 is 4. The van der Waals surface area contributed by atoms with Crippen molar-refractivity contribution in [2.45, 2.75) is 19.5 Å². The van der Waals surface area contributed by atoms with Crippen LogP contribution in [-0.2, 0) is 33.8 Å². The molecule has 2 aromatic carbocycles. The number of esters is 1. The third-order valence-corrected chi connectivity index (χ3v) is 6.21. The summed E-state index contributed by atoms with van der Waals surface area (Å²) in [7, 11) is 6.07. The highest BCUT2D eigenvalue weighted by Gasteiger charge is 2.26. The van der Waals surface area contributed by atoms with E-state index in [0.29, 0.717) is 53.6 Å². The molecule has 204 valence electrons. The molecular formula is C29H32N4O6. The SMILES string of the molecule is COCCn1c(C(=O)OC)c(NC(=O)Cc2ccccc2)c2cc(NCc3ccc(OC)c(OC)c3)cnc21. The molecule has 0 unspecified atom stereocenters. The second kappa shape index (κ2) is 12.8. The highest BCUT2D eigenvalue weighted by Crippen LogP contribution is 2.33. The molecule has 10 nitrogen and oxygen atoms in total. The minimum absolute atomic E-state index is 0.150. The molecule has 1 amide bonds. The summed E-state index contributed by atoms with van der Waals surface area (Å²) in [6.07, 6.45) is 1.83. The standard InChI is InChI=1S/C29H32N4O6/c1-36-13-12-33-27(29(35)39-4)26(32-25(34)15-19-8-6-5-7-9-19)22-16-21(18-31-28(22)33)30-17-20-10-11-23(37-2)24(14-20)38-3/h5-11,14,16,18,30H,12-13,15,17H2,1-4H3,(H,32,34). The summed E-state index contributed by atoms with van der Waals surface area (Å²) in [6, 6.07) is 16.9. The third-order valence-electron chi connectivity index (χ3n) is 6.21. The van der Waals surface area contributed by atoms with E-state index < -0.39 is 5.97 Å². The summed E-state index contributed by atoms with van der Waals surface area (Å²) >= 11 is 0. The molecule has 2 aromatic heterocycles. The van der Waals surface area contributed by atoms with Crippen LogP contribution in [0.15, 0.2) is 60.8 Å². The Labute approximate surface area is 226 Å². The van der Waals surface area contributed by atoms with E-state index in [1.165, 1.54) is 7.11 Å². The lowest BCUT2D eigenvalue weighted by Gasteiger charge is -2.11. The number of nitrogens with zero attached hydrogens (tertiary/aromatic N) is 2. The lowest BCUT2D eigenvalue weighted by molar-refractivity contribution is -0.115. The van der Waals surface area contributed by atoms with Crippen molar-refractivity contribution in [2.75, 3.05) is 45.7 Å². The predicted octanol–water partition coefficient (Wildman–Crippen LogP) is 4.28. The van der Waals surface area contributed by atoms with Crippen LogP contribution < -0.4 is 20.1 Å². The zero-order valence-electron chi connectivity index (χ0n) is 22.4. The number of anilines is 2. The fraction of sp³-hybridized carbons (Fsp3) is 0.276. The van der Waals surface area contributed by atoms with E-state index in [4.69, 9.17) is 18.9 Å². The normalized spacial score (nSPS) is 10.8. The number of ether oxygens (including phenoxy) is 4. The van der Waals surface area contributed by atoms with Gasteiger partial charge < -0.3 is 34.1 Å². The number of rotatable bonds is 12. The van der Waals surface area contributed by atoms with E-state index >= 15 is 0 Å². The molecule has 0 atom stereocenters. The summed E-state index contributed by atoms with van der Waals surface area (Å²) < 4.78 is 22.8. The number of aromatic nitrogens is 2. The smallest absolute Gasteiger partial charge is 0.356 e. The Balaban J connectivity index is 1.70. The van der Waals surface area contributed by atoms with Crippen molar-refractivity contribution in [3.63, 3.8) is 0 Å². The molecule has 10 heteroatoms. The van der Waals surface area contributed by atoms with Gasteiger partial charge >= 0.3 is 5.97 Å². The van der Waals surface area contributed by atoms with Crippen LogP contribution in [0.1, 0.15) is 21.6 Å². The molecule has 0 spiro atoms. The van der Waals surface area contributed by atoms with Gasteiger partial charge in [0.15, 0.2) is 17.2 Å². The Hall–Kier alpha value is -4.57. The Morgan fingerprint density at radius 3 is 2.38 bits per heavy atom. The summed E-state index contributed by atoms with van der Waals surface area (Å²) in [5.74, 6) is 0.430. The molecule has 0 aliphatic heterocycles. The van der Waals surface area contributed by atoms with Crippen LogP contribution in [0.25, 0.3) is 11.0 Å². The molecule has 0 aliphatic carbocycles. The molecule has 0 saturated heterocycles. The van der Waals surface area contributed by atoms with Crippen LogP contribution in [0.2, 0.25) is 0 Å². The fourth-order valence-electron chi connectivity index (χ4n) is 4.32. The zero-order valence-corrected chi connectivity index (χ0v) is 22.4. The second-order valence-corrected chi connectivity index (χ2v) is 8.71. The molecule has 0 aliphatic rings. The van der Waals surface area contributed by atoms with Crippen molar-refractivity contribution in [3.8, 4) is 11.5 Å². The summed E-state index contributed by atoms with van der Waals surface area (Å²) in [4.78, 5) is 30.6. The predicted molar refractivity (Wildman–Crippen MR) is 149 cm³/mol. The molecule has 39 heavy (non-hydrogen) atoms. The Morgan fingerprint density at radius 1 is 0.923 bits per heavy atom. The average molecular weight is 533 g/mol. The number of amides is 1. The van der Waals surface area contributed by atoms with Crippen molar-refractivity contribution >= 4 is 34.3 Å². The minimum Gasteiger partial charge on any atom is -0.493 e. The summed E-state index contributed by atoms with van der Waals surface area (Å²) in [6.45, 7) is 1.17. The first-order chi connectivity index (χ1) is 19.0. The molecule has 4 aromatic rings. The van der Waals surface area contributed by atoms with Crippen LogP contribution in [0.3, 0.4) is 0 Å². The van der Waals surface area contributed by atoms with Crippen molar-refractivity contribution in [1.82, 2.24) is 9.55 Å². The van der Waals surface area contributed by atoms with Gasteiger partial charge in [-0.3, -0.25) is 4.79 Å². The number of benzene rings is 2. The van der Waals surface area contributed by atoms with E-state index in [1.54, 1.807) is 32.1 Å². The van der Waals surface area contributed by atoms with Gasteiger partial charge in [0.25, 0.3) is 0 Å². The van der Waals surface area contributed by atoms with Gasteiger partial charge in [0, 0.05) is 25.6 Å². The van der Waals surface area contributed by atoms with Crippen LogP contribution in [0.5, 0.6) is 11.5 Å². The Morgan fingerprint density at radius 2 is 1.69 bits per heavy atom. The van der Waals surface area contributed by atoms with Crippen molar-refractivity contribution < 1.29 is 28.5 Å². The number of hydrogen-bond acceptors (Lipinski definition) is 8. The summed E-state index contributed by atoms with van der Waals surface area (Å²) in [5, 5.41) is 6.90.